The second-order valence-corrected chi connectivity index (χ2v) is 6.89. The molecule has 3 rings (SSSR count). The molecule has 0 unspecified atom stereocenters. The van der Waals surface area contributed by atoms with Crippen LogP contribution in [0, 0.1) is 11.7 Å². The Hall–Kier alpha value is -2.64. The van der Waals surface area contributed by atoms with Gasteiger partial charge < -0.3 is 5.32 Å². The average Bonchev–Trinajstić information content (AvgIpc) is 2.67. The Morgan fingerprint density at radius 1 is 1.18 bits per heavy atom. The molecule has 4 nitrogen and oxygen atoms in total. The Labute approximate surface area is 160 Å². The highest BCUT2D eigenvalue weighted by Crippen LogP contribution is 2.29. The summed E-state index contributed by atoms with van der Waals surface area (Å²) >= 11 is 0. The van der Waals surface area contributed by atoms with E-state index in [-0.39, 0.29) is 17.6 Å². The summed E-state index contributed by atoms with van der Waals surface area (Å²) in [6.07, 6.45) is -1.60. The van der Waals surface area contributed by atoms with E-state index in [9.17, 15) is 22.4 Å². The third-order valence-corrected chi connectivity index (χ3v) is 4.93. The SMILES string of the molecule is O=C(NCCc1cccc(F)c1)C1CCN(c2ccc(C(F)(F)F)c[nH+]2)CC1. The van der Waals surface area contributed by atoms with Gasteiger partial charge >= 0.3 is 6.18 Å². The third-order valence-electron chi connectivity index (χ3n) is 4.93. The third kappa shape index (κ3) is 5.21. The zero-order valence-corrected chi connectivity index (χ0v) is 15.2. The highest BCUT2D eigenvalue weighted by molar-refractivity contribution is 5.78. The van der Waals surface area contributed by atoms with E-state index in [2.05, 4.69) is 10.3 Å². The minimum Gasteiger partial charge on any atom is -0.356 e. The Morgan fingerprint density at radius 3 is 2.54 bits per heavy atom. The van der Waals surface area contributed by atoms with E-state index >= 15 is 0 Å². The van der Waals surface area contributed by atoms with Crippen molar-refractivity contribution in [3.63, 3.8) is 0 Å². The van der Waals surface area contributed by atoms with Crippen molar-refractivity contribution >= 4 is 11.7 Å². The van der Waals surface area contributed by atoms with Gasteiger partial charge in [-0.3, -0.25) is 9.69 Å². The molecule has 0 radical (unpaired) electrons. The number of nitrogens with one attached hydrogen (secondary N) is 2. The summed E-state index contributed by atoms with van der Waals surface area (Å²) in [6.45, 7) is 1.61. The maximum Gasteiger partial charge on any atom is 0.419 e. The van der Waals surface area contributed by atoms with Crippen LogP contribution in [0.1, 0.15) is 24.0 Å². The van der Waals surface area contributed by atoms with E-state index in [1.165, 1.54) is 18.2 Å². The lowest BCUT2D eigenvalue weighted by Gasteiger charge is -2.27. The maximum absolute atomic E-state index is 13.2. The number of rotatable bonds is 5. The first-order valence-corrected chi connectivity index (χ1v) is 9.19. The highest BCUT2D eigenvalue weighted by atomic mass is 19.4. The number of hydrogen-bond acceptors (Lipinski definition) is 2. The fraction of sp³-hybridized carbons (Fsp3) is 0.400. The van der Waals surface area contributed by atoms with Gasteiger partial charge in [0, 0.05) is 18.5 Å². The average molecular weight is 396 g/mol. The van der Waals surface area contributed by atoms with E-state index in [4.69, 9.17) is 0 Å². The zero-order valence-electron chi connectivity index (χ0n) is 15.2. The maximum atomic E-state index is 13.2. The number of aromatic nitrogens is 1. The number of piperidine rings is 1. The summed E-state index contributed by atoms with van der Waals surface area (Å²) < 4.78 is 51.1. The molecule has 1 fully saturated rings. The lowest BCUT2D eigenvalue weighted by atomic mass is 9.95. The fourth-order valence-corrected chi connectivity index (χ4v) is 3.34. The molecule has 0 bridgehead atoms. The van der Waals surface area contributed by atoms with Gasteiger partial charge in [-0.25, -0.2) is 9.37 Å². The summed E-state index contributed by atoms with van der Waals surface area (Å²) in [5.41, 5.74) is 0.108. The monoisotopic (exact) mass is 396 g/mol. The first-order chi connectivity index (χ1) is 13.3. The Bertz CT molecular complexity index is 800. The second-order valence-electron chi connectivity index (χ2n) is 6.89. The van der Waals surface area contributed by atoms with Crippen LogP contribution >= 0.6 is 0 Å². The Kier molecular flexibility index (Phi) is 6.16. The number of aromatic amines is 1. The van der Waals surface area contributed by atoms with Crippen LogP contribution < -0.4 is 15.2 Å². The molecule has 0 atom stereocenters. The summed E-state index contributed by atoms with van der Waals surface area (Å²) in [5, 5.41) is 2.89. The van der Waals surface area contributed by atoms with Gasteiger partial charge in [0.1, 0.15) is 12.0 Å². The molecule has 28 heavy (non-hydrogen) atoms. The van der Waals surface area contributed by atoms with Crippen molar-refractivity contribution in [2.75, 3.05) is 24.5 Å². The molecule has 1 aliphatic rings. The Balaban J connectivity index is 1.45. The molecule has 1 saturated heterocycles. The van der Waals surface area contributed by atoms with E-state index in [0.29, 0.717) is 44.7 Å². The number of benzene rings is 1. The molecular weight excluding hydrogens is 374 g/mol. The van der Waals surface area contributed by atoms with Crippen LogP contribution in [0.15, 0.2) is 42.6 Å². The summed E-state index contributed by atoms with van der Waals surface area (Å²) in [5.74, 6) is 0.153. The van der Waals surface area contributed by atoms with Crippen LogP contribution in [0.5, 0.6) is 0 Å². The van der Waals surface area contributed by atoms with E-state index in [1.54, 1.807) is 6.07 Å². The van der Waals surface area contributed by atoms with Gasteiger partial charge in [-0.15, -0.1) is 0 Å². The summed E-state index contributed by atoms with van der Waals surface area (Å²) in [6, 6.07) is 8.75. The van der Waals surface area contributed by atoms with E-state index < -0.39 is 11.7 Å². The summed E-state index contributed by atoms with van der Waals surface area (Å²) in [4.78, 5) is 16.9. The smallest absolute Gasteiger partial charge is 0.356 e. The lowest BCUT2D eigenvalue weighted by molar-refractivity contribution is -0.367. The van der Waals surface area contributed by atoms with Crippen LogP contribution in [0.25, 0.3) is 0 Å². The van der Waals surface area contributed by atoms with Crippen LogP contribution in [-0.2, 0) is 17.4 Å². The number of carbonyl (C=O) groups excluding carboxylic acids is 1. The topological polar surface area (TPSA) is 46.5 Å². The van der Waals surface area contributed by atoms with Gasteiger partial charge in [0.05, 0.1) is 18.7 Å². The molecule has 1 aromatic heterocycles. The zero-order chi connectivity index (χ0) is 20.1. The second kappa shape index (κ2) is 8.58. The van der Waals surface area contributed by atoms with Gasteiger partial charge in [0.2, 0.25) is 5.91 Å². The molecule has 1 aliphatic heterocycles. The van der Waals surface area contributed by atoms with Crippen LogP contribution in [-0.4, -0.2) is 25.5 Å². The highest BCUT2D eigenvalue weighted by Gasteiger charge is 2.33. The van der Waals surface area contributed by atoms with Crippen molar-refractivity contribution in [2.45, 2.75) is 25.4 Å². The number of amides is 1. The molecular formula is C20H22F4N3O+. The van der Waals surface area contributed by atoms with Gasteiger partial charge in [-0.2, -0.15) is 13.2 Å². The number of H-pyrrole nitrogens is 1. The molecule has 0 spiro atoms. The predicted octanol–water partition coefficient (Wildman–Crippen LogP) is 3.23. The molecule has 0 aliphatic carbocycles. The predicted molar refractivity (Wildman–Crippen MR) is 96.1 cm³/mol. The number of pyridine rings is 1. The molecule has 1 aromatic carbocycles. The normalized spacial score (nSPS) is 15.5. The van der Waals surface area contributed by atoms with Crippen molar-refractivity contribution in [1.82, 2.24) is 5.32 Å². The standard InChI is InChI=1S/C20H21F4N3O/c21-17-3-1-2-14(12-17)6-9-25-19(28)15-7-10-27(11-8-15)18-5-4-16(13-26-18)20(22,23)24/h1-5,12-13,15H,6-11H2,(H,25,28)/p+1. The van der Waals surface area contributed by atoms with Crippen LogP contribution in [0.3, 0.4) is 0 Å². The number of hydrogen-bond donors (Lipinski definition) is 1. The first kappa shape index (κ1) is 20.1. The fourth-order valence-electron chi connectivity index (χ4n) is 3.34. The lowest BCUT2D eigenvalue weighted by Crippen LogP contribution is -2.42. The van der Waals surface area contributed by atoms with Crippen LogP contribution in [0.4, 0.5) is 23.4 Å². The van der Waals surface area contributed by atoms with Gasteiger partial charge in [-0.05, 0) is 43.0 Å². The molecule has 2 heterocycles. The number of nitrogens with zero attached hydrogens (tertiary/aromatic N) is 1. The summed E-state index contributed by atoms with van der Waals surface area (Å²) in [7, 11) is 0. The van der Waals surface area contributed by atoms with Crippen LogP contribution in [0.2, 0.25) is 0 Å². The van der Waals surface area contributed by atoms with Crippen molar-refractivity contribution < 1.29 is 27.3 Å². The number of halogens is 4. The molecule has 8 heteroatoms. The van der Waals surface area contributed by atoms with Gasteiger partial charge in [0.15, 0.2) is 0 Å². The molecule has 0 saturated carbocycles. The molecule has 2 aromatic rings. The van der Waals surface area contributed by atoms with E-state index in [1.807, 2.05) is 11.0 Å². The Morgan fingerprint density at radius 2 is 1.93 bits per heavy atom. The van der Waals surface area contributed by atoms with E-state index in [0.717, 1.165) is 17.8 Å². The van der Waals surface area contributed by atoms with Crippen molar-refractivity contribution in [3.05, 3.63) is 59.5 Å². The molecule has 2 N–H and O–H groups in total. The number of alkyl halides is 3. The molecule has 1 amide bonds. The minimum atomic E-state index is -4.37. The van der Waals surface area contributed by atoms with Gasteiger partial charge in [0.25, 0.3) is 5.82 Å². The number of carbonyl (C=O) groups is 1. The number of anilines is 1. The molecule has 150 valence electrons. The van der Waals surface area contributed by atoms with Crippen molar-refractivity contribution in [2.24, 2.45) is 5.92 Å². The van der Waals surface area contributed by atoms with Gasteiger partial charge in [-0.1, -0.05) is 12.1 Å². The quantitative estimate of drug-likeness (QED) is 0.789. The first-order valence-electron chi connectivity index (χ1n) is 9.19. The minimum absolute atomic E-state index is 0.0348. The van der Waals surface area contributed by atoms with Crippen molar-refractivity contribution in [3.8, 4) is 0 Å². The largest absolute Gasteiger partial charge is 0.419 e. The van der Waals surface area contributed by atoms with Crippen molar-refractivity contribution in [1.29, 1.82) is 0 Å².